The minimum Gasteiger partial charge on any atom is -0.456 e. The third-order valence-corrected chi connectivity index (χ3v) is 14.3. The van der Waals surface area contributed by atoms with Gasteiger partial charge >= 0.3 is 0 Å². The van der Waals surface area contributed by atoms with Gasteiger partial charge in [-0.2, -0.15) is 0 Å². The summed E-state index contributed by atoms with van der Waals surface area (Å²) < 4.78 is 11.8. The Kier molecular flexibility index (Phi) is 6.54. The molecule has 0 saturated carbocycles. The van der Waals surface area contributed by atoms with E-state index in [-0.39, 0.29) is 0 Å². The number of benzene rings is 10. The number of hydrogen-bond donors (Lipinski definition) is 0. The Hall–Kier alpha value is -6.78. The molecule has 3 heterocycles. The van der Waals surface area contributed by atoms with E-state index in [4.69, 9.17) is 4.42 Å². The van der Waals surface area contributed by atoms with Crippen LogP contribution in [0.5, 0.6) is 0 Å². The van der Waals surface area contributed by atoms with Gasteiger partial charge in [-0.15, -0.1) is 22.7 Å². The van der Waals surface area contributed by atoms with E-state index in [0.717, 1.165) is 16.6 Å². The lowest BCUT2D eigenvalue weighted by Gasteiger charge is -2.18. The van der Waals surface area contributed by atoms with Gasteiger partial charge in [-0.25, -0.2) is 0 Å². The van der Waals surface area contributed by atoms with Crippen LogP contribution in [0.25, 0.3) is 128 Å². The Morgan fingerprint density at radius 2 is 0.754 bits per heavy atom. The lowest BCUT2D eigenvalue weighted by molar-refractivity contribution is 0.670. The Balaban J connectivity index is 0.928. The Labute approximate surface area is 335 Å². The summed E-state index contributed by atoms with van der Waals surface area (Å²) in [5.74, 6) is 0. The molecular weight excluding hydrogens is 729 g/mol. The fourth-order valence-corrected chi connectivity index (χ4v) is 11.6. The van der Waals surface area contributed by atoms with E-state index in [1.165, 1.54) is 111 Å². The van der Waals surface area contributed by atoms with E-state index in [2.05, 4.69) is 182 Å². The molecule has 0 fully saturated rings. The normalized spacial score (nSPS) is 12.2. The lowest BCUT2D eigenvalue weighted by atomic mass is 9.85. The maximum absolute atomic E-state index is 6.48. The van der Waals surface area contributed by atoms with Crippen molar-refractivity contribution >= 4 is 117 Å². The average Bonchev–Trinajstić information content (AvgIpc) is 3.94. The van der Waals surface area contributed by atoms with Gasteiger partial charge < -0.3 is 4.42 Å². The molecule has 0 aliphatic heterocycles. The summed E-state index contributed by atoms with van der Waals surface area (Å²) in [5, 5.41) is 15.0. The molecule has 0 aliphatic rings. The maximum Gasteiger partial charge on any atom is 0.136 e. The third kappa shape index (κ3) is 4.67. The van der Waals surface area contributed by atoms with E-state index in [9.17, 15) is 0 Å². The van der Waals surface area contributed by atoms with Crippen molar-refractivity contribution in [2.24, 2.45) is 0 Å². The van der Waals surface area contributed by atoms with Gasteiger partial charge in [0.25, 0.3) is 0 Å². The quantitative estimate of drug-likeness (QED) is 0.164. The number of rotatable bonds is 3. The lowest BCUT2D eigenvalue weighted by Crippen LogP contribution is -1.91. The van der Waals surface area contributed by atoms with Crippen LogP contribution in [-0.2, 0) is 0 Å². The van der Waals surface area contributed by atoms with Crippen LogP contribution in [0.2, 0.25) is 0 Å². The van der Waals surface area contributed by atoms with Gasteiger partial charge in [0.15, 0.2) is 0 Å². The molecule has 0 unspecified atom stereocenters. The molecule has 0 bridgehead atoms. The van der Waals surface area contributed by atoms with Gasteiger partial charge in [-0.3, -0.25) is 0 Å². The zero-order chi connectivity index (χ0) is 37.2. The van der Waals surface area contributed by atoms with Crippen molar-refractivity contribution in [3.05, 3.63) is 182 Å². The third-order valence-electron chi connectivity index (χ3n) is 12.0. The van der Waals surface area contributed by atoms with Gasteiger partial charge in [0, 0.05) is 51.1 Å². The summed E-state index contributed by atoms with van der Waals surface area (Å²) in [4.78, 5) is 0. The fourth-order valence-electron chi connectivity index (χ4n) is 9.38. The Morgan fingerprint density at radius 3 is 1.44 bits per heavy atom. The van der Waals surface area contributed by atoms with Gasteiger partial charge in [-0.1, -0.05) is 127 Å². The highest BCUT2D eigenvalue weighted by Gasteiger charge is 2.18. The smallest absolute Gasteiger partial charge is 0.136 e. The summed E-state index contributed by atoms with van der Waals surface area (Å²) >= 11 is 3.72. The molecule has 0 saturated heterocycles. The topological polar surface area (TPSA) is 13.1 Å². The summed E-state index contributed by atoms with van der Waals surface area (Å²) in [6, 6.07) is 67.4. The van der Waals surface area contributed by atoms with E-state index in [1.54, 1.807) is 0 Å². The zero-order valence-electron chi connectivity index (χ0n) is 30.5. The first-order chi connectivity index (χ1) is 28.2. The molecule has 13 aromatic rings. The molecule has 3 heteroatoms. The first kappa shape index (κ1) is 31.4. The maximum atomic E-state index is 6.48. The standard InChI is InChI=1S/C54H30OS2/c1-3-13-41-39(11-1)53(40-12-2-4-14-42(40)54(41)35-23-24-51-45(26-35)37-9-5-7-15-49(37)56-51)32-19-17-31(18-20-32)33-21-22-34-28-47-43(27-36(34)25-33)44-30-52-46(29-48(44)55-47)38-10-6-8-16-50(38)57-52/h1-30H. The summed E-state index contributed by atoms with van der Waals surface area (Å²) in [7, 11) is 0. The van der Waals surface area contributed by atoms with Crippen molar-refractivity contribution in [1.82, 2.24) is 0 Å². The molecule has 0 aliphatic carbocycles. The second-order valence-electron chi connectivity index (χ2n) is 15.2. The van der Waals surface area contributed by atoms with Crippen molar-refractivity contribution in [2.45, 2.75) is 0 Å². The molecule has 3 aromatic heterocycles. The Bertz CT molecular complexity index is 3750. The van der Waals surface area contributed by atoms with Gasteiger partial charge in [0.1, 0.15) is 11.2 Å². The highest BCUT2D eigenvalue weighted by molar-refractivity contribution is 7.26. The van der Waals surface area contributed by atoms with Crippen LogP contribution in [0.3, 0.4) is 0 Å². The first-order valence-corrected chi connectivity index (χ1v) is 21.0. The summed E-state index contributed by atoms with van der Waals surface area (Å²) in [5.41, 5.74) is 9.32. The number of thiophene rings is 2. The van der Waals surface area contributed by atoms with E-state index in [0.29, 0.717) is 0 Å². The molecule has 0 N–H and O–H groups in total. The van der Waals surface area contributed by atoms with Crippen molar-refractivity contribution in [3.63, 3.8) is 0 Å². The molecule has 1 nitrogen and oxygen atoms in total. The van der Waals surface area contributed by atoms with Gasteiger partial charge in [0.05, 0.1) is 0 Å². The molecule has 0 atom stereocenters. The predicted octanol–water partition coefficient (Wildman–Crippen LogP) is 16.8. The zero-order valence-corrected chi connectivity index (χ0v) is 32.2. The number of hydrogen-bond acceptors (Lipinski definition) is 3. The molecule has 0 radical (unpaired) electrons. The molecule has 0 amide bonds. The predicted molar refractivity (Wildman–Crippen MR) is 248 cm³/mol. The van der Waals surface area contributed by atoms with Crippen LogP contribution in [0.1, 0.15) is 0 Å². The highest BCUT2D eigenvalue weighted by Crippen LogP contribution is 2.46. The van der Waals surface area contributed by atoms with Crippen LogP contribution in [0.15, 0.2) is 186 Å². The Morgan fingerprint density at radius 1 is 0.263 bits per heavy atom. The van der Waals surface area contributed by atoms with Crippen LogP contribution in [0, 0.1) is 0 Å². The molecule has 10 aromatic carbocycles. The van der Waals surface area contributed by atoms with Crippen molar-refractivity contribution < 1.29 is 4.42 Å². The minimum atomic E-state index is 0.933. The fraction of sp³-hybridized carbons (Fsp3) is 0. The number of fused-ring (bicyclic) bond motifs is 12. The van der Waals surface area contributed by atoms with Crippen LogP contribution in [0.4, 0.5) is 0 Å². The monoisotopic (exact) mass is 758 g/mol. The summed E-state index contributed by atoms with van der Waals surface area (Å²) in [6.07, 6.45) is 0. The SMILES string of the molecule is c1ccc2c(c1)sc1ccc(-c3c4ccccc4c(-c4ccc(-c5ccc6cc7oc8cc9c(cc8c7cc6c5)sc5ccccc59)cc4)c4ccccc34)cc12. The molecular formula is C54H30OS2. The largest absolute Gasteiger partial charge is 0.456 e. The molecule has 264 valence electrons. The van der Waals surface area contributed by atoms with Crippen LogP contribution in [-0.4, -0.2) is 0 Å². The van der Waals surface area contributed by atoms with E-state index >= 15 is 0 Å². The van der Waals surface area contributed by atoms with Crippen molar-refractivity contribution in [2.75, 3.05) is 0 Å². The highest BCUT2D eigenvalue weighted by atomic mass is 32.1. The van der Waals surface area contributed by atoms with Gasteiger partial charge in [0.2, 0.25) is 0 Å². The molecule has 57 heavy (non-hydrogen) atoms. The minimum absolute atomic E-state index is 0.933. The van der Waals surface area contributed by atoms with Crippen LogP contribution >= 0.6 is 22.7 Å². The average molecular weight is 759 g/mol. The van der Waals surface area contributed by atoms with E-state index < -0.39 is 0 Å². The summed E-state index contributed by atoms with van der Waals surface area (Å²) in [6.45, 7) is 0. The first-order valence-electron chi connectivity index (χ1n) is 19.4. The number of furan rings is 1. The van der Waals surface area contributed by atoms with Crippen molar-refractivity contribution in [3.8, 4) is 33.4 Å². The second-order valence-corrected chi connectivity index (χ2v) is 17.4. The van der Waals surface area contributed by atoms with E-state index in [1.807, 2.05) is 22.7 Å². The van der Waals surface area contributed by atoms with Crippen LogP contribution < -0.4 is 0 Å². The molecule has 13 rings (SSSR count). The van der Waals surface area contributed by atoms with Crippen molar-refractivity contribution in [1.29, 1.82) is 0 Å². The molecule has 0 spiro atoms. The second kappa shape index (κ2) is 11.9. The van der Waals surface area contributed by atoms with Gasteiger partial charge in [-0.05, 0) is 120 Å².